The number of imide groups is 1. The third kappa shape index (κ3) is 3.50. The highest BCUT2D eigenvalue weighted by Gasteiger charge is 2.29. The van der Waals surface area contributed by atoms with Gasteiger partial charge in [0.25, 0.3) is 5.91 Å². The summed E-state index contributed by atoms with van der Waals surface area (Å²) in [4.78, 5) is 35.7. The van der Waals surface area contributed by atoms with Gasteiger partial charge in [-0.3, -0.25) is 19.7 Å². The number of fused-ring (bicyclic) bond motifs is 1. The Labute approximate surface area is 144 Å². The van der Waals surface area contributed by atoms with Crippen molar-refractivity contribution >= 4 is 28.7 Å². The Balaban J connectivity index is 1.86. The Morgan fingerprint density at radius 1 is 1.40 bits per heavy atom. The van der Waals surface area contributed by atoms with Crippen LogP contribution in [0.15, 0.2) is 22.6 Å². The number of nitrogens with one attached hydrogen (secondary N) is 2. The lowest BCUT2D eigenvalue weighted by atomic mass is 10.0. The first-order valence-electron chi connectivity index (χ1n) is 8.30. The van der Waals surface area contributed by atoms with E-state index in [1.165, 1.54) is 0 Å². The largest absolute Gasteiger partial charge is 0.494 e. The zero-order chi connectivity index (χ0) is 18.0. The Morgan fingerprint density at radius 3 is 2.92 bits per heavy atom. The Bertz CT molecular complexity index is 839. The fraction of sp³-hybridized carbons (Fsp3) is 0.389. The second-order valence-corrected chi connectivity index (χ2v) is 6.02. The molecule has 3 amide bonds. The second-order valence-electron chi connectivity index (χ2n) is 6.02. The maximum absolute atomic E-state index is 12.7. The molecule has 1 fully saturated rings. The van der Waals surface area contributed by atoms with Crippen LogP contribution in [0.25, 0.3) is 11.0 Å². The molecule has 1 aromatic carbocycles. The number of ether oxygens (including phenoxy) is 1. The first-order chi connectivity index (χ1) is 12.0. The molecular formula is C18H20N2O5. The number of hydrogen-bond acceptors (Lipinski definition) is 5. The number of aryl methyl sites for hydroxylation is 1. The molecule has 1 aliphatic rings. The van der Waals surface area contributed by atoms with E-state index in [0.717, 1.165) is 6.42 Å². The molecule has 3 rings (SSSR count). The molecule has 132 valence electrons. The summed E-state index contributed by atoms with van der Waals surface area (Å²) in [6, 6.07) is 4.59. The molecule has 0 aliphatic carbocycles. The van der Waals surface area contributed by atoms with Crippen LogP contribution in [-0.2, 0) is 9.59 Å². The molecule has 1 saturated heterocycles. The van der Waals surface area contributed by atoms with Gasteiger partial charge in [0.1, 0.15) is 23.1 Å². The number of carbonyl (C=O) groups excluding carboxylic acids is 3. The number of rotatable bonds is 5. The third-order valence-electron chi connectivity index (χ3n) is 4.08. The minimum absolute atomic E-state index is 0.205. The summed E-state index contributed by atoms with van der Waals surface area (Å²) in [6.45, 7) is 4.30. The van der Waals surface area contributed by atoms with E-state index in [-0.39, 0.29) is 18.7 Å². The highest BCUT2D eigenvalue weighted by molar-refractivity contribution is 6.09. The molecule has 2 N–H and O–H groups in total. The predicted molar refractivity (Wildman–Crippen MR) is 90.4 cm³/mol. The lowest BCUT2D eigenvalue weighted by molar-refractivity contribution is -0.134. The number of carbonyl (C=O) groups is 3. The monoisotopic (exact) mass is 344 g/mol. The average Bonchev–Trinajstić information content (AvgIpc) is 2.90. The van der Waals surface area contributed by atoms with Gasteiger partial charge in [-0.1, -0.05) is 6.92 Å². The first kappa shape index (κ1) is 17.0. The van der Waals surface area contributed by atoms with Crippen molar-refractivity contribution in [2.45, 2.75) is 39.2 Å². The lowest BCUT2D eigenvalue weighted by Gasteiger charge is -2.21. The maximum atomic E-state index is 12.7. The molecule has 7 heteroatoms. The Kier molecular flexibility index (Phi) is 4.74. The SMILES string of the molecule is CCCOc1ccc2oc(C)c(C(=O)NC3CCC(=O)NC3=O)c2c1. The Hall–Kier alpha value is -2.83. The summed E-state index contributed by atoms with van der Waals surface area (Å²) in [7, 11) is 0. The quantitative estimate of drug-likeness (QED) is 0.809. The number of benzene rings is 1. The van der Waals surface area contributed by atoms with Gasteiger partial charge in [-0.15, -0.1) is 0 Å². The highest BCUT2D eigenvalue weighted by atomic mass is 16.5. The number of hydrogen-bond donors (Lipinski definition) is 2. The first-order valence-corrected chi connectivity index (χ1v) is 8.30. The third-order valence-corrected chi connectivity index (χ3v) is 4.08. The van der Waals surface area contributed by atoms with Crippen molar-refractivity contribution in [2.24, 2.45) is 0 Å². The van der Waals surface area contributed by atoms with Crippen LogP contribution in [0.4, 0.5) is 0 Å². The summed E-state index contributed by atoms with van der Waals surface area (Å²) in [5, 5.41) is 5.55. The van der Waals surface area contributed by atoms with E-state index >= 15 is 0 Å². The fourth-order valence-corrected chi connectivity index (χ4v) is 2.85. The van der Waals surface area contributed by atoms with Crippen LogP contribution in [0.5, 0.6) is 5.75 Å². The van der Waals surface area contributed by atoms with Gasteiger partial charge >= 0.3 is 0 Å². The zero-order valence-electron chi connectivity index (χ0n) is 14.2. The molecule has 25 heavy (non-hydrogen) atoms. The predicted octanol–water partition coefficient (Wildman–Crippen LogP) is 2.07. The Morgan fingerprint density at radius 2 is 2.20 bits per heavy atom. The molecular weight excluding hydrogens is 324 g/mol. The van der Waals surface area contributed by atoms with Gasteiger partial charge in [0.15, 0.2) is 0 Å². The van der Waals surface area contributed by atoms with Crippen molar-refractivity contribution in [3.8, 4) is 5.75 Å². The van der Waals surface area contributed by atoms with Crippen LogP contribution >= 0.6 is 0 Å². The van der Waals surface area contributed by atoms with Crippen LogP contribution < -0.4 is 15.4 Å². The van der Waals surface area contributed by atoms with Crippen LogP contribution in [0.2, 0.25) is 0 Å². The molecule has 1 aliphatic heterocycles. The van der Waals surface area contributed by atoms with E-state index < -0.39 is 17.9 Å². The summed E-state index contributed by atoms with van der Waals surface area (Å²) in [5.41, 5.74) is 0.955. The average molecular weight is 344 g/mol. The van der Waals surface area contributed by atoms with Crippen LogP contribution in [-0.4, -0.2) is 30.4 Å². The minimum atomic E-state index is -0.728. The zero-order valence-corrected chi connectivity index (χ0v) is 14.2. The van der Waals surface area contributed by atoms with Crippen molar-refractivity contribution in [1.29, 1.82) is 0 Å². The molecule has 1 atom stereocenters. The molecule has 0 radical (unpaired) electrons. The van der Waals surface area contributed by atoms with Gasteiger partial charge in [-0.2, -0.15) is 0 Å². The minimum Gasteiger partial charge on any atom is -0.494 e. The maximum Gasteiger partial charge on any atom is 0.256 e. The smallest absolute Gasteiger partial charge is 0.256 e. The standard InChI is InChI=1S/C18H20N2O5/c1-3-8-24-11-4-6-14-12(9-11)16(10(2)25-14)18(23)19-13-5-7-15(21)20-17(13)22/h4,6,9,13H,3,5,7-8H2,1-2H3,(H,19,23)(H,20,21,22). The van der Waals surface area contributed by atoms with Gasteiger partial charge in [0.2, 0.25) is 11.8 Å². The summed E-state index contributed by atoms with van der Waals surface area (Å²) in [5.74, 6) is -0.0868. The number of piperidine rings is 1. The van der Waals surface area contributed by atoms with Gasteiger partial charge in [-0.25, -0.2) is 0 Å². The number of amides is 3. The van der Waals surface area contributed by atoms with Crippen LogP contribution in [0, 0.1) is 6.92 Å². The second kappa shape index (κ2) is 6.96. The molecule has 0 saturated carbocycles. The molecule has 7 nitrogen and oxygen atoms in total. The van der Waals surface area contributed by atoms with E-state index in [1.807, 2.05) is 6.92 Å². The molecule has 0 spiro atoms. The van der Waals surface area contributed by atoms with E-state index in [2.05, 4.69) is 10.6 Å². The van der Waals surface area contributed by atoms with Crippen LogP contribution in [0.1, 0.15) is 42.3 Å². The van der Waals surface area contributed by atoms with E-state index in [4.69, 9.17) is 9.15 Å². The van der Waals surface area contributed by atoms with E-state index in [1.54, 1.807) is 25.1 Å². The highest BCUT2D eigenvalue weighted by Crippen LogP contribution is 2.29. The van der Waals surface area contributed by atoms with Crippen molar-refractivity contribution in [3.05, 3.63) is 29.5 Å². The molecule has 2 heterocycles. The van der Waals surface area contributed by atoms with Crippen molar-refractivity contribution in [3.63, 3.8) is 0 Å². The fourth-order valence-electron chi connectivity index (χ4n) is 2.85. The normalized spacial score (nSPS) is 17.4. The van der Waals surface area contributed by atoms with Gasteiger partial charge in [0.05, 0.1) is 12.2 Å². The van der Waals surface area contributed by atoms with Crippen LogP contribution in [0.3, 0.4) is 0 Å². The van der Waals surface area contributed by atoms with Gasteiger partial charge in [0, 0.05) is 11.8 Å². The van der Waals surface area contributed by atoms with Crippen molar-refractivity contribution < 1.29 is 23.5 Å². The van der Waals surface area contributed by atoms with Crippen molar-refractivity contribution in [2.75, 3.05) is 6.61 Å². The van der Waals surface area contributed by atoms with E-state index in [0.29, 0.717) is 34.6 Å². The summed E-state index contributed by atoms with van der Waals surface area (Å²) in [6.07, 6.45) is 1.37. The molecule has 1 unspecified atom stereocenters. The lowest BCUT2D eigenvalue weighted by Crippen LogP contribution is -2.52. The summed E-state index contributed by atoms with van der Waals surface area (Å²) >= 11 is 0. The molecule has 2 aromatic rings. The topological polar surface area (TPSA) is 97.6 Å². The summed E-state index contributed by atoms with van der Waals surface area (Å²) < 4.78 is 11.3. The van der Waals surface area contributed by atoms with Crippen molar-refractivity contribution in [1.82, 2.24) is 10.6 Å². The molecule has 1 aromatic heterocycles. The van der Waals surface area contributed by atoms with E-state index in [9.17, 15) is 14.4 Å². The number of furan rings is 1. The molecule has 0 bridgehead atoms. The van der Waals surface area contributed by atoms with Gasteiger partial charge in [-0.05, 0) is 38.0 Å². The van der Waals surface area contributed by atoms with Gasteiger partial charge < -0.3 is 14.5 Å².